The second kappa shape index (κ2) is 10.5. The first kappa shape index (κ1) is 26.3. The zero-order valence-corrected chi connectivity index (χ0v) is 20.4. The van der Waals surface area contributed by atoms with Gasteiger partial charge in [0, 0.05) is 18.1 Å². The number of hydrogen-bond donors (Lipinski definition) is 1. The minimum Gasteiger partial charge on any atom is -0.380 e. The Kier molecular flexibility index (Phi) is 8.14. The van der Waals surface area contributed by atoms with Crippen LogP contribution in [0, 0.1) is 6.92 Å². The molecule has 178 valence electrons. The molecule has 0 aliphatic rings. The average molecular weight is 528 g/mol. The highest BCUT2D eigenvalue weighted by Gasteiger charge is 2.35. The second-order valence-electron chi connectivity index (χ2n) is 7.95. The van der Waals surface area contributed by atoms with E-state index in [0.29, 0.717) is 23.6 Å². The molecule has 2 atom stereocenters. The highest BCUT2D eigenvalue weighted by molar-refractivity contribution is 6.48. The summed E-state index contributed by atoms with van der Waals surface area (Å²) in [5.74, 6) is -6.43. The standard InChI is InChI=1S/C26H20Cl3F3O2/c1-14-10-16(8-9-18(14)25(34)24(33)15-6-4-3-5-7-15)22(30)13-19(26(2,31)32)17-11-20(27)23(29)21(28)12-17/h3-13,19,25,34H,1-2H3/b22-13-. The molecule has 0 spiro atoms. The van der Waals surface area contributed by atoms with Gasteiger partial charge in [0.15, 0.2) is 5.78 Å². The van der Waals surface area contributed by atoms with Crippen molar-refractivity contribution in [1.82, 2.24) is 0 Å². The maximum absolute atomic E-state index is 15.1. The van der Waals surface area contributed by atoms with Gasteiger partial charge in [-0.3, -0.25) is 4.79 Å². The molecule has 3 rings (SSSR count). The fraction of sp³-hybridized carbons (Fsp3) is 0.192. The molecule has 0 aliphatic carbocycles. The summed E-state index contributed by atoms with van der Waals surface area (Å²) in [5.41, 5.74) is 1.06. The second-order valence-corrected chi connectivity index (χ2v) is 9.14. The smallest absolute Gasteiger partial charge is 0.255 e. The molecule has 2 unspecified atom stereocenters. The number of aliphatic hydroxyl groups is 1. The van der Waals surface area contributed by atoms with Crippen LogP contribution in [0.15, 0.2) is 66.7 Å². The van der Waals surface area contributed by atoms with Gasteiger partial charge in [0.25, 0.3) is 5.92 Å². The van der Waals surface area contributed by atoms with Crippen molar-refractivity contribution in [2.75, 3.05) is 0 Å². The van der Waals surface area contributed by atoms with E-state index in [2.05, 4.69) is 0 Å². The molecule has 0 heterocycles. The number of allylic oxidation sites excluding steroid dienone is 1. The quantitative estimate of drug-likeness (QED) is 0.247. The molecule has 0 saturated carbocycles. The van der Waals surface area contributed by atoms with Crippen LogP contribution < -0.4 is 0 Å². The SMILES string of the molecule is Cc1cc(/C(F)=C/C(c2cc(Cl)c(Cl)c(Cl)c2)C(C)(F)F)ccc1C(O)C(=O)c1ccccc1. The van der Waals surface area contributed by atoms with Crippen LogP contribution in [0.3, 0.4) is 0 Å². The summed E-state index contributed by atoms with van der Waals surface area (Å²) >= 11 is 17.9. The van der Waals surface area contributed by atoms with Crippen molar-refractivity contribution in [3.8, 4) is 0 Å². The topological polar surface area (TPSA) is 37.3 Å². The van der Waals surface area contributed by atoms with Gasteiger partial charge in [0.05, 0.1) is 21.0 Å². The molecule has 1 N–H and O–H groups in total. The Labute approximate surface area is 210 Å². The van der Waals surface area contributed by atoms with E-state index in [1.54, 1.807) is 37.3 Å². The lowest BCUT2D eigenvalue weighted by molar-refractivity contribution is 0.00669. The third-order valence-electron chi connectivity index (χ3n) is 5.37. The van der Waals surface area contributed by atoms with Crippen LogP contribution in [-0.2, 0) is 0 Å². The van der Waals surface area contributed by atoms with E-state index < -0.39 is 29.6 Å². The molecule has 0 fully saturated rings. The Morgan fingerprint density at radius 3 is 2.09 bits per heavy atom. The molecule has 3 aromatic rings. The Morgan fingerprint density at radius 1 is 0.971 bits per heavy atom. The summed E-state index contributed by atoms with van der Waals surface area (Å²) < 4.78 is 43.9. The van der Waals surface area contributed by atoms with E-state index in [-0.39, 0.29) is 26.2 Å². The maximum Gasteiger partial charge on any atom is 0.255 e. The fourth-order valence-corrected chi connectivity index (χ4v) is 4.18. The van der Waals surface area contributed by atoms with Gasteiger partial charge in [-0.05, 0) is 47.9 Å². The number of hydrogen-bond acceptors (Lipinski definition) is 2. The summed E-state index contributed by atoms with van der Waals surface area (Å²) in [6.07, 6.45) is -0.662. The first-order chi connectivity index (χ1) is 15.9. The van der Waals surface area contributed by atoms with Crippen LogP contribution in [0.25, 0.3) is 5.83 Å². The largest absolute Gasteiger partial charge is 0.380 e. The van der Waals surface area contributed by atoms with Crippen LogP contribution in [0.5, 0.6) is 0 Å². The van der Waals surface area contributed by atoms with Gasteiger partial charge in [-0.1, -0.05) is 77.3 Å². The third kappa shape index (κ3) is 5.84. The summed E-state index contributed by atoms with van der Waals surface area (Å²) in [6, 6.07) is 14.8. The third-order valence-corrected chi connectivity index (χ3v) is 6.57. The van der Waals surface area contributed by atoms with Gasteiger partial charge in [-0.25, -0.2) is 13.2 Å². The maximum atomic E-state index is 15.1. The van der Waals surface area contributed by atoms with Crippen molar-refractivity contribution in [3.63, 3.8) is 0 Å². The Hall–Kier alpha value is -2.31. The molecule has 8 heteroatoms. The molecule has 0 bridgehead atoms. The van der Waals surface area contributed by atoms with Gasteiger partial charge in [0.1, 0.15) is 11.9 Å². The highest BCUT2D eigenvalue weighted by atomic mass is 35.5. The molecule has 0 aromatic heterocycles. The summed E-state index contributed by atoms with van der Waals surface area (Å²) in [6.45, 7) is 2.26. The van der Waals surface area contributed by atoms with Crippen molar-refractivity contribution in [1.29, 1.82) is 0 Å². The zero-order valence-electron chi connectivity index (χ0n) is 18.1. The predicted octanol–water partition coefficient (Wildman–Crippen LogP) is 8.62. The van der Waals surface area contributed by atoms with Gasteiger partial charge < -0.3 is 5.11 Å². The number of halogens is 6. The van der Waals surface area contributed by atoms with Crippen molar-refractivity contribution < 1.29 is 23.1 Å². The van der Waals surface area contributed by atoms with E-state index in [0.717, 1.165) is 6.08 Å². The van der Waals surface area contributed by atoms with Crippen molar-refractivity contribution in [2.45, 2.75) is 31.8 Å². The molecule has 0 radical (unpaired) electrons. The van der Waals surface area contributed by atoms with E-state index >= 15 is 4.39 Å². The minimum absolute atomic E-state index is 0.000674. The number of Topliss-reactive ketones (excluding diaryl/α,β-unsaturated/α-hetero) is 1. The first-order valence-corrected chi connectivity index (χ1v) is 11.3. The van der Waals surface area contributed by atoms with E-state index in [4.69, 9.17) is 34.8 Å². The number of aliphatic hydroxyl groups excluding tert-OH is 1. The summed E-state index contributed by atoms with van der Waals surface area (Å²) in [5, 5.41) is 10.5. The molecule has 2 nitrogen and oxygen atoms in total. The van der Waals surface area contributed by atoms with Crippen LogP contribution in [0.4, 0.5) is 13.2 Å². The molecule has 0 saturated heterocycles. The Bertz CT molecular complexity index is 1210. The normalized spacial score (nSPS) is 14.1. The number of carbonyl (C=O) groups is 1. The number of carbonyl (C=O) groups excluding carboxylic acids is 1. The molecular weight excluding hydrogens is 508 g/mol. The summed E-state index contributed by atoms with van der Waals surface area (Å²) in [4.78, 5) is 12.6. The monoisotopic (exact) mass is 526 g/mol. The first-order valence-electron chi connectivity index (χ1n) is 10.2. The number of aryl methyl sites for hydroxylation is 1. The van der Waals surface area contributed by atoms with Crippen LogP contribution in [-0.4, -0.2) is 16.8 Å². The molecule has 3 aromatic carbocycles. The Morgan fingerprint density at radius 2 is 1.56 bits per heavy atom. The number of rotatable bonds is 7. The molecular formula is C26H20Cl3F3O2. The van der Waals surface area contributed by atoms with Gasteiger partial charge >= 0.3 is 0 Å². The lowest BCUT2D eigenvalue weighted by Crippen LogP contribution is -2.21. The van der Waals surface area contributed by atoms with Gasteiger partial charge in [0.2, 0.25) is 0 Å². The van der Waals surface area contributed by atoms with Crippen molar-refractivity contribution in [2.24, 2.45) is 0 Å². The predicted molar refractivity (Wildman–Crippen MR) is 131 cm³/mol. The fourth-order valence-electron chi connectivity index (χ4n) is 3.57. The number of ketones is 1. The van der Waals surface area contributed by atoms with E-state index in [9.17, 15) is 18.7 Å². The highest BCUT2D eigenvalue weighted by Crippen LogP contribution is 2.41. The lowest BCUT2D eigenvalue weighted by Gasteiger charge is -2.22. The van der Waals surface area contributed by atoms with E-state index in [1.165, 1.54) is 30.3 Å². The van der Waals surface area contributed by atoms with E-state index in [1.807, 2.05) is 0 Å². The van der Waals surface area contributed by atoms with Gasteiger partial charge in [-0.2, -0.15) is 0 Å². The van der Waals surface area contributed by atoms with Crippen LogP contribution in [0.1, 0.15) is 51.6 Å². The summed E-state index contributed by atoms with van der Waals surface area (Å²) in [7, 11) is 0. The number of benzene rings is 3. The lowest BCUT2D eigenvalue weighted by atomic mass is 9.91. The minimum atomic E-state index is -3.34. The van der Waals surface area contributed by atoms with Crippen LogP contribution in [0.2, 0.25) is 15.1 Å². The van der Waals surface area contributed by atoms with Crippen LogP contribution >= 0.6 is 34.8 Å². The van der Waals surface area contributed by atoms with Gasteiger partial charge in [-0.15, -0.1) is 0 Å². The average Bonchev–Trinajstić information content (AvgIpc) is 2.79. The molecule has 0 aliphatic heterocycles. The number of alkyl halides is 2. The Balaban J connectivity index is 1.95. The zero-order chi connectivity index (χ0) is 25.2. The molecule has 0 amide bonds. The molecule has 34 heavy (non-hydrogen) atoms. The van der Waals surface area contributed by atoms with Crippen molar-refractivity contribution in [3.05, 3.63) is 110 Å². The van der Waals surface area contributed by atoms with Crippen molar-refractivity contribution >= 4 is 46.4 Å².